The minimum Gasteiger partial charge on any atom is -0.386 e. The summed E-state index contributed by atoms with van der Waals surface area (Å²) in [7, 11) is 0. The molecule has 18 heteroatoms. The summed E-state index contributed by atoms with van der Waals surface area (Å²) in [6.45, 7) is 7.66. The third-order valence-corrected chi connectivity index (χ3v) is 14.2. The van der Waals surface area contributed by atoms with Crippen LogP contribution in [-0.4, -0.2) is 126 Å². The lowest BCUT2D eigenvalue weighted by molar-refractivity contribution is -0.138. The number of piperidine rings is 2. The quantitative estimate of drug-likeness (QED) is 0.189. The normalized spacial score (nSPS) is 22.2. The summed E-state index contributed by atoms with van der Waals surface area (Å²) in [5.41, 5.74) is 3.09. The molecule has 5 aromatic rings. The Bertz CT molecular complexity index is 2870. The largest absolute Gasteiger partial charge is 0.386 e. The van der Waals surface area contributed by atoms with E-state index in [9.17, 15) is 39.1 Å². The molecule has 6 amide bonds. The standard InChI is InChI=1S/C48H51N11O7/c1-48(2,66)37-24-38-30(22-39(37)51-44(62)41-10-8-34-21-28(25-49)26-50-59(34)41)27-57(53-38)32-5-3-31(4-6-32)55-17-19-56(20-18-55)45(63)29-13-15-54(16-14-29)33-7-9-35-36(23-33)47(65)58(46(35)64)40-11-12-42(60)52-43(40)61/h7-10,21-24,26-27,29,31-32,40,66H,3-6,11-20H2,1-2H3,(H,51,62)(H,52,60,61)/t31-,32-,40?. The van der Waals surface area contributed by atoms with Crippen LogP contribution in [-0.2, 0) is 20.0 Å². The minimum absolute atomic E-state index is 0.0650. The van der Waals surface area contributed by atoms with Crippen molar-refractivity contribution >= 4 is 63.2 Å². The van der Waals surface area contributed by atoms with Crippen LogP contribution >= 0.6 is 0 Å². The Labute approximate surface area is 380 Å². The number of fused-ring (bicyclic) bond motifs is 3. The maximum Gasteiger partial charge on any atom is 0.274 e. The highest BCUT2D eigenvalue weighted by atomic mass is 16.3. The molecular formula is C48H51N11O7. The molecule has 4 fully saturated rings. The number of rotatable bonds is 8. The molecule has 2 aromatic carbocycles. The predicted octanol–water partition coefficient (Wildman–Crippen LogP) is 3.98. The van der Waals surface area contributed by atoms with Crippen molar-refractivity contribution in [1.82, 2.24) is 39.4 Å². The number of aromatic nitrogens is 4. The van der Waals surface area contributed by atoms with Gasteiger partial charge in [0.2, 0.25) is 17.7 Å². The van der Waals surface area contributed by atoms with Crippen LogP contribution in [0.25, 0.3) is 16.4 Å². The highest BCUT2D eigenvalue weighted by Crippen LogP contribution is 2.37. The van der Waals surface area contributed by atoms with Crippen LogP contribution in [0.5, 0.6) is 0 Å². The average Bonchev–Trinajstić information content (AvgIpc) is 4.01. The number of nitriles is 1. The van der Waals surface area contributed by atoms with Gasteiger partial charge in [0.15, 0.2) is 0 Å². The van der Waals surface area contributed by atoms with E-state index in [1.165, 1.54) is 10.7 Å². The monoisotopic (exact) mass is 893 g/mol. The molecule has 1 atom stereocenters. The van der Waals surface area contributed by atoms with E-state index in [2.05, 4.69) is 31.6 Å². The van der Waals surface area contributed by atoms with E-state index in [4.69, 9.17) is 5.10 Å². The fourth-order valence-electron chi connectivity index (χ4n) is 10.6. The molecule has 10 rings (SSSR count). The van der Waals surface area contributed by atoms with Crippen molar-refractivity contribution in [2.75, 3.05) is 49.5 Å². The van der Waals surface area contributed by atoms with Crippen molar-refractivity contribution in [3.05, 3.63) is 88.9 Å². The molecule has 7 heterocycles. The Morgan fingerprint density at radius 1 is 0.848 bits per heavy atom. The van der Waals surface area contributed by atoms with Gasteiger partial charge in [0.25, 0.3) is 17.7 Å². The molecule has 3 aromatic heterocycles. The number of carbonyl (C=O) groups excluding carboxylic acids is 6. The fourth-order valence-corrected chi connectivity index (χ4v) is 10.6. The van der Waals surface area contributed by atoms with Crippen LogP contribution in [0.2, 0.25) is 0 Å². The van der Waals surface area contributed by atoms with E-state index in [-0.39, 0.29) is 41.8 Å². The second kappa shape index (κ2) is 16.8. The zero-order valence-corrected chi connectivity index (χ0v) is 36.9. The smallest absolute Gasteiger partial charge is 0.274 e. The minimum atomic E-state index is -1.27. The van der Waals surface area contributed by atoms with Crippen molar-refractivity contribution < 1.29 is 33.9 Å². The molecule has 5 aliphatic rings. The first kappa shape index (κ1) is 43.0. The van der Waals surface area contributed by atoms with Crippen LogP contribution in [0, 0.1) is 17.2 Å². The topological polar surface area (TPSA) is 219 Å². The SMILES string of the molecule is CC(C)(O)c1cc2nn([C@H]3CC[C@H](N4CCN(C(=O)C5CCN(c6ccc7c(c6)C(=O)N(C6CCC(=O)NC6=O)C7=O)CC5)CC4)CC3)cc2cc1NC(=O)c1ccc2cc(C#N)cnn12. The number of anilines is 2. The van der Waals surface area contributed by atoms with E-state index >= 15 is 0 Å². The number of nitrogens with zero attached hydrogens (tertiary/aromatic N) is 9. The number of amides is 6. The van der Waals surface area contributed by atoms with E-state index in [0.717, 1.165) is 60.3 Å². The molecule has 0 radical (unpaired) electrons. The lowest BCUT2D eigenvalue weighted by Crippen LogP contribution is -2.54. The van der Waals surface area contributed by atoms with Crippen molar-refractivity contribution in [2.24, 2.45) is 5.92 Å². The van der Waals surface area contributed by atoms with Crippen molar-refractivity contribution in [1.29, 1.82) is 5.26 Å². The molecule has 66 heavy (non-hydrogen) atoms. The molecule has 3 N–H and O–H groups in total. The van der Waals surface area contributed by atoms with Gasteiger partial charge in [-0.2, -0.15) is 15.5 Å². The predicted molar refractivity (Wildman–Crippen MR) is 240 cm³/mol. The van der Waals surface area contributed by atoms with E-state index in [0.29, 0.717) is 73.1 Å². The highest BCUT2D eigenvalue weighted by Gasteiger charge is 2.45. The Morgan fingerprint density at radius 2 is 1.58 bits per heavy atom. The lowest BCUT2D eigenvalue weighted by atomic mass is 9.89. The first-order valence-electron chi connectivity index (χ1n) is 22.8. The van der Waals surface area contributed by atoms with Gasteiger partial charge in [-0.15, -0.1) is 0 Å². The number of piperazine rings is 1. The van der Waals surface area contributed by atoms with Gasteiger partial charge >= 0.3 is 0 Å². The van der Waals surface area contributed by atoms with Crippen molar-refractivity contribution in [3.8, 4) is 6.07 Å². The molecule has 0 bridgehead atoms. The summed E-state index contributed by atoms with van der Waals surface area (Å²) in [5.74, 6) is -2.40. The summed E-state index contributed by atoms with van der Waals surface area (Å²) in [6.07, 6.45) is 8.89. The maximum absolute atomic E-state index is 13.8. The Morgan fingerprint density at radius 3 is 2.29 bits per heavy atom. The van der Waals surface area contributed by atoms with Crippen molar-refractivity contribution in [3.63, 3.8) is 0 Å². The van der Waals surface area contributed by atoms with Gasteiger partial charge < -0.3 is 20.2 Å². The van der Waals surface area contributed by atoms with Crippen LogP contribution in [0.4, 0.5) is 11.4 Å². The van der Waals surface area contributed by atoms with Gasteiger partial charge in [-0.3, -0.25) is 48.6 Å². The number of aliphatic hydroxyl groups is 1. The molecule has 1 saturated carbocycles. The lowest BCUT2D eigenvalue weighted by Gasteiger charge is -2.43. The third kappa shape index (κ3) is 7.85. The second-order valence-electron chi connectivity index (χ2n) is 18.8. The Balaban J connectivity index is 0.712. The molecule has 18 nitrogen and oxygen atoms in total. The second-order valence-corrected chi connectivity index (χ2v) is 18.8. The fraction of sp³-hybridized carbons (Fsp3) is 0.438. The molecule has 1 aliphatic carbocycles. The molecular weight excluding hydrogens is 843 g/mol. The number of carbonyl (C=O) groups is 6. The molecule has 340 valence electrons. The number of hydrogen-bond acceptors (Lipinski definition) is 12. The summed E-state index contributed by atoms with van der Waals surface area (Å²) in [6, 6.07) is 15.6. The van der Waals surface area contributed by atoms with Gasteiger partial charge in [-0.1, -0.05) is 0 Å². The van der Waals surface area contributed by atoms with Gasteiger partial charge in [0.05, 0.1) is 45.6 Å². The van der Waals surface area contributed by atoms with Gasteiger partial charge in [0.1, 0.15) is 17.8 Å². The summed E-state index contributed by atoms with van der Waals surface area (Å²) in [5, 5.41) is 35.7. The van der Waals surface area contributed by atoms with Crippen LogP contribution in [0.3, 0.4) is 0 Å². The van der Waals surface area contributed by atoms with Crippen LogP contribution in [0.1, 0.15) is 114 Å². The van der Waals surface area contributed by atoms with Gasteiger partial charge in [-0.25, -0.2) is 4.52 Å². The maximum atomic E-state index is 13.8. The zero-order chi connectivity index (χ0) is 46.0. The van der Waals surface area contributed by atoms with E-state index < -0.39 is 41.2 Å². The first-order chi connectivity index (χ1) is 31.7. The van der Waals surface area contributed by atoms with Crippen LogP contribution in [0.15, 0.2) is 60.9 Å². The Hall–Kier alpha value is -6.97. The van der Waals surface area contributed by atoms with E-state index in [1.807, 2.05) is 34.0 Å². The summed E-state index contributed by atoms with van der Waals surface area (Å²) >= 11 is 0. The third-order valence-electron chi connectivity index (χ3n) is 14.2. The van der Waals surface area contributed by atoms with Gasteiger partial charge in [0, 0.05) is 86.2 Å². The number of hydrogen-bond donors (Lipinski definition) is 3. The molecule has 3 saturated heterocycles. The highest BCUT2D eigenvalue weighted by molar-refractivity contribution is 6.23. The summed E-state index contributed by atoms with van der Waals surface area (Å²) < 4.78 is 3.51. The number of imide groups is 2. The van der Waals surface area contributed by atoms with Crippen molar-refractivity contribution in [2.45, 2.75) is 88.9 Å². The molecule has 4 aliphatic heterocycles. The number of nitrogens with one attached hydrogen (secondary N) is 2. The Kier molecular flexibility index (Phi) is 10.9. The van der Waals surface area contributed by atoms with Gasteiger partial charge in [-0.05, 0) is 107 Å². The average molecular weight is 894 g/mol. The molecule has 0 spiro atoms. The first-order valence-corrected chi connectivity index (χ1v) is 22.8. The number of benzene rings is 2. The summed E-state index contributed by atoms with van der Waals surface area (Å²) in [4.78, 5) is 85.7. The zero-order valence-electron chi connectivity index (χ0n) is 36.9. The molecule has 1 unspecified atom stereocenters. The van der Waals surface area contributed by atoms with E-state index in [1.54, 1.807) is 44.2 Å². The van der Waals surface area contributed by atoms with Crippen LogP contribution < -0.4 is 15.5 Å².